The standard InChI is InChI=1S/C22H22ClF3N4O3/c1-27-20(31)18-12-30(16-4-2-3-5-17(16)33-18)21(32)13-6-8-29(9-7-13)19-15(23)10-14(11-28-19)22(24,25)26/h2-5,10-11,13,18H,6-9,12H2,1H3,(H,27,31). The number of ether oxygens (including phenoxy) is 1. The van der Waals surface area contributed by atoms with Crippen LogP contribution >= 0.6 is 11.6 Å². The van der Waals surface area contributed by atoms with E-state index in [0.29, 0.717) is 37.4 Å². The number of fused-ring (bicyclic) bond motifs is 1. The van der Waals surface area contributed by atoms with Crippen molar-refractivity contribution in [3.63, 3.8) is 0 Å². The zero-order chi connectivity index (χ0) is 23.8. The molecule has 1 saturated heterocycles. The lowest BCUT2D eigenvalue weighted by molar-refractivity contribution is -0.137. The first kappa shape index (κ1) is 23.2. The number of pyridine rings is 1. The molecule has 11 heteroatoms. The smallest absolute Gasteiger partial charge is 0.417 e. The number of carbonyl (C=O) groups excluding carboxylic acids is 2. The molecule has 1 aromatic carbocycles. The Morgan fingerprint density at radius 1 is 1.21 bits per heavy atom. The number of rotatable bonds is 3. The van der Waals surface area contributed by atoms with Gasteiger partial charge < -0.3 is 19.9 Å². The number of hydrogen-bond acceptors (Lipinski definition) is 5. The summed E-state index contributed by atoms with van der Waals surface area (Å²) in [5, 5.41) is 2.47. The SMILES string of the molecule is CNC(=O)C1CN(C(=O)C2CCN(c3ncc(C(F)(F)F)cc3Cl)CC2)c2ccccc2O1. The number of anilines is 2. The van der Waals surface area contributed by atoms with Crippen LogP contribution in [-0.4, -0.2) is 49.6 Å². The minimum Gasteiger partial charge on any atom is -0.477 e. The highest BCUT2D eigenvalue weighted by Gasteiger charge is 2.38. The molecule has 1 fully saturated rings. The fourth-order valence-electron chi connectivity index (χ4n) is 4.12. The zero-order valence-corrected chi connectivity index (χ0v) is 18.5. The van der Waals surface area contributed by atoms with E-state index >= 15 is 0 Å². The normalized spacial score (nSPS) is 19.0. The van der Waals surface area contributed by atoms with E-state index in [1.807, 2.05) is 0 Å². The Kier molecular flexibility index (Phi) is 6.38. The number of piperidine rings is 1. The lowest BCUT2D eigenvalue weighted by Gasteiger charge is -2.38. The van der Waals surface area contributed by atoms with Crippen molar-refractivity contribution in [3.05, 3.63) is 47.1 Å². The average molecular weight is 483 g/mol. The van der Waals surface area contributed by atoms with Gasteiger partial charge in [0.25, 0.3) is 5.91 Å². The van der Waals surface area contributed by atoms with Crippen LogP contribution < -0.4 is 19.9 Å². The summed E-state index contributed by atoms with van der Waals surface area (Å²) >= 11 is 6.07. The van der Waals surface area contributed by atoms with Crippen LogP contribution in [0.2, 0.25) is 5.02 Å². The molecule has 0 bridgehead atoms. The third-order valence-corrected chi connectivity index (χ3v) is 6.15. The molecular weight excluding hydrogens is 461 g/mol. The Bertz CT molecular complexity index is 1060. The number of hydrogen-bond donors (Lipinski definition) is 1. The Hall–Kier alpha value is -3.01. The number of aromatic nitrogens is 1. The second-order valence-corrected chi connectivity index (χ2v) is 8.33. The third-order valence-electron chi connectivity index (χ3n) is 5.87. The highest BCUT2D eigenvalue weighted by Crippen LogP contribution is 2.37. The van der Waals surface area contributed by atoms with Gasteiger partial charge in [-0.15, -0.1) is 0 Å². The summed E-state index contributed by atoms with van der Waals surface area (Å²) in [5.41, 5.74) is -0.296. The lowest BCUT2D eigenvalue weighted by atomic mass is 9.94. The summed E-state index contributed by atoms with van der Waals surface area (Å²) in [6.07, 6.45) is -3.62. The van der Waals surface area contributed by atoms with Crippen LogP contribution in [0.15, 0.2) is 36.5 Å². The first-order chi connectivity index (χ1) is 15.7. The third kappa shape index (κ3) is 4.71. The van der Waals surface area contributed by atoms with Crippen molar-refractivity contribution in [1.29, 1.82) is 0 Å². The van der Waals surface area contributed by atoms with Crippen molar-refractivity contribution < 1.29 is 27.5 Å². The number of alkyl halides is 3. The number of likely N-dealkylation sites (N-methyl/N-ethyl adjacent to an activating group) is 1. The largest absolute Gasteiger partial charge is 0.477 e. The van der Waals surface area contributed by atoms with Gasteiger partial charge in [0, 0.05) is 32.3 Å². The maximum atomic E-state index is 13.4. The maximum absolute atomic E-state index is 13.4. The van der Waals surface area contributed by atoms with Crippen LogP contribution in [0.25, 0.3) is 0 Å². The van der Waals surface area contributed by atoms with Gasteiger partial charge in [0.1, 0.15) is 11.6 Å². The molecule has 2 amide bonds. The fraction of sp³-hybridized carbons (Fsp3) is 0.409. The number of para-hydroxylation sites is 2. The summed E-state index contributed by atoms with van der Waals surface area (Å²) in [5.74, 6) is -0.0206. The van der Waals surface area contributed by atoms with Gasteiger partial charge in [-0.2, -0.15) is 13.2 Å². The molecule has 176 valence electrons. The molecule has 1 unspecified atom stereocenters. The van der Waals surface area contributed by atoms with Gasteiger partial charge in [-0.05, 0) is 31.0 Å². The van der Waals surface area contributed by atoms with Gasteiger partial charge in [-0.3, -0.25) is 9.59 Å². The second-order valence-electron chi connectivity index (χ2n) is 7.93. The molecule has 2 aliphatic rings. The molecular formula is C22H22ClF3N4O3. The second kappa shape index (κ2) is 9.09. The van der Waals surface area contributed by atoms with Crippen molar-refractivity contribution in [2.24, 2.45) is 5.92 Å². The van der Waals surface area contributed by atoms with E-state index in [1.54, 1.807) is 34.1 Å². The molecule has 2 aromatic rings. The summed E-state index contributed by atoms with van der Waals surface area (Å²) in [6.45, 7) is 0.931. The van der Waals surface area contributed by atoms with Crippen LogP contribution in [0.3, 0.4) is 0 Å². The predicted molar refractivity (Wildman–Crippen MR) is 116 cm³/mol. The van der Waals surface area contributed by atoms with Gasteiger partial charge in [0.15, 0.2) is 6.10 Å². The van der Waals surface area contributed by atoms with Crippen LogP contribution in [0, 0.1) is 5.92 Å². The number of halogens is 4. The molecule has 1 N–H and O–H groups in total. The molecule has 0 aliphatic carbocycles. The van der Waals surface area contributed by atoms with E-state index < -0.39 is 17.8 Å². The Labute approximate surface area is 193 Å². The molecule has 0 radical (unpaired) electrons. The Balaban J connectivity index is 1.47. The highest BCUT2D eigenvalue weighted by atomic mass is 35.5. The molecule has 33 heavy (non-hydrogen) atoms. The van der Waals surface area contributed by atoms with Crippen molar-refractivity contribution in [2.45, 2.75) is 25.1 Å². The first-order valence-corrected chi connectivity index (χ1v) is 10.8. The van der Waals surface area contributed by atoms with Crippen molar-refractivity contribution >= 4 is 34.9 Å². The molecule has 1 aromatic heterocycles. The number of carbonyl (C=O) groups is 2. The topological polar surface area (TPSA) is 74.8 Å². The molecule has 4 rings (SSSR count). The van der Waals surface area contributed by atoms with E-state index in [2.05, 4.69) is 10.3 Å². The quantitative estimate of drug-likeness (QED) is 0.724. The highest BCUT2D eigenvalue weighted by molar-refractivity contribution is 6.33. The Morgan fingerprint density at radius 3 is 2.55 bits per heavy atom. The van der Waals surface area contributed by atoms with Gasteiger partial charge >= 0.3 is 6.18 Å². The lowest BCUT2D eigenvalue weighted by Crippen LogP contribution is -2.52. The fourth-order valence-corrected chi connectivity index (χ4v) is 4.40. The monoisotopic (exact) mass is 482 g/mol. The van der Waals surface area contributed by atoms with E-state index in [-0.39, 0.29) is 35.1 Å². The number of amides is 2. The van der Waals surface area contributed by atoms with Crippen molar-refractivity contribution in [1.82, 2.24) is 10.3 Å². The first-order valence-electron chi connectivity index (χ1n) is 10.5. The van der Waals surface area contributed by atoms with E-state index in [1.165, 1.54) is 7.05 Å². The van der Waals surface area contributed by atoms with E-state index in [4.69, 9.17) is 16.3 Å². The van der Waals surface area contributed by atoms with Gasteiger partial charge in [-0.1, -0.05) is 23.7 Å². The summed E-state index contributed by atoms with van der Waals surface area (Å²) < 4.78 is 44.4. The minimum absolute atomic E-state index is 0.0786. The minimum atomic E-state index is -4.52. The molecule has 3 heterocycles. The van der Waals surface area contributed by atoms with Crippen molar-refractivity contribution in [3.8, 4) is 5.75 Å². The van der Waals surface area contributed by atoms with E-state index in [0.717, 1.165) is 12.3 Å². The average Bonchev–Trinajstić information content (AvgIpc) is 2.82. The molecule has 0 saturated carbocycles. The van der Waals surface area contributed by atoms with Crippen LogP contribution in [0.1, 0.15) is 18.4 Å². The van der Waals surface area contributed by atoms with E-state index in [9.17, 15) is 22.8 Å². The summed E-state index contributed by atoms with van der Waals surface area (Å²) in [4.78, 5) is 32.8. The van der Waals surface area contributed by atoms with Gasteiger partial charge in [-0.25, -0.2) is 4.98 Å². The summed E-state index contributed by atoms with van der Waals surface area (Å²) in [7, 11) is 1.51. The molecule has 0 spiro atoms. The van der Waals surface area contributed by atoms with Gasteiger partial charge in [0.2, 0.25) is 5.91 Å². The molecule has 1 atom stereocenters. The number of benzene rings is 1. The number of nitrogens with zero attached hydrogens (tertiary/aromatic N) is 3. The van der Waals surface area contributed by atoms with Crippen LogP contribution in [-0.2, 0) is 15.8 Å². The zero-order valence-electron chi connectivity index (χ0n) is 17.7. The number of nitrogens with one attached hydrogen (secondary N) is 1. The molecule has 7 nitrogen and oxygen atoms in total. The maximum Gasteiger partial charge on any atom is 0.417 e. The Morgan fingerprint density at radius 2 is 1.91 bits per heavy atom. The van der Waals surface area contributed by atoms with Gasteiger partial charge in [0.05, 0.1) is 22.8 Å². The van der Waals surface area contributed by atoms with Crippen LogP contribution in [0.4, 0.5) is 24.7 Å². The van der Waals surface area contributed by atoms with Crippen molar-refractivity contribution in [2.75, 3.05) is 36.5 Å². The van der Waals surface area contributed by atoms with Crippen LogP contribution in [0.5, 0.6) is 5.75 Å². The summed E-state index contributed by atoms with van der Waals surface area (Å²) in [6, 6.07) is 7.92. The predicted octanol–water partition coefficient (Wildman–Crippen LogP) is 3.51. The molecule has 2 aliphatic heterocycles.